The molecule has 0 spiro atoms. The minimum atomic E-state index is -0.426. The number of ether oxygens (including phenoxy) is 2. The number of hydrogen-bond donors (Lipinski definition) is 1. The van der Waals surface area contributed by atoms with E-state index in [2.05, 4.69) is 4.74 Å². The molecule has 1 amide bonds. The lowest BCUT2D eigenvalue weighted by Crippen LogP contribution is -2.52. The fourth-order valence-corrected chi connectivity index (χ4v) is 1.62. The standard InChI is InChI=1S/C11H18N2O4/c1-8(11(15)16-2)3-4-13-5-6-17-7-9(13)10(12)14/h3,9H,4-7H2,1-2H3,(H2,12,14). The molecule has 0 saturated carbocycles. The summed E-state index contributed by atoms with van der Waals surface area (Å²) in [5.74, 6) is -0.775. The number of carbonyl (C=O) groups excluding carboxylic acids is 2. The van der Waals surface area contributed by atoms with E-state index in [1.807, 2.05) is 4.90 Å². The van der Waals surface area contributed by atoms with E-state index in [0.717, 1.165) is 0 Å². The topological polar surface area (TPSA) is 81.9 Å². The van der Waals surface area contributed by atoms with Gasteiger partial charge in [0, 0.05) is 18.7 Å². The van der Waals surface area contributed by atoms with Crippen LogP contribution >= 0.6 is 0 Å². The highest BCUT2D eigenvalue weighted by molar-refractivity contribution is 5.87. The SMILES string of the molecule is COC(=O)C(C)=CCN1CCOCC1C(N)=O. The van der Waals surface area contributed by atoms with Gasteiger partial charge in [-0.1, -0.05) is 6.08 Å². The Morgan fingerprint density at radius 1 is 1.59 bits per heavy atom. The molecule has 17 heavy (non-hydrogen) atoms. The van der Waals surface area contributed by atoms with Crippen LogP contribution in [0.1, 0.15) is 6.92 Å². The number of morpholine rings is 1. The molecule has 1 rings (SSSR count). The van der Waals surface area contributed by atoms with Crippen LogP contribution in [0.2, 0.25) is 0 Å². The first kappa shape index (κ1) is 13.7. The second-order valence-electron chi connectivity index (χ2n) is 3.87. The number of carbonyl (C=O) groups is 2. The number of methoxy groups -OCH3 is 1. The van der Waals surface area contributed by atoms with Gasteiger partial charge in [-0.2, -0.15) is 0 Å². The van der Waals surface area contributed by atoms with Gasteiger partial charge in [-0.15, -0.1) is 0 Å². The number of nitrogens with zero attached hydrogens (tertiary/aromatic N) is 1. The van der Waals surface area contributed by atoms with Crippen LogP contribution in [0.3, 0.4) is 0 Å². The van der Waals surface area contributed by atoms with E-state index in [-0.39, 0.29) is 5.97 Å². The summed E-state index contributed by atoms with van der Waals surface area (Å²) in [6, 6.07) is -0.426. The zero-order valence-corrected chi connectivity index (χ0v) is 10.1. The molecule has 1 heterocycles. The van der Waals surface area contributed by atoms with Crippen molar-refractivity contribution in [1.82, 2.24) is 4.90 Å². The van der Waals surface area contributed by atoms with Crippen LogP contribution < -0.4 is 5.73 Å². The van der Waals surface area contributed by atoms with Gasteiger partial charge < -0.3 is 15.2 Å². The Balaban J connectivity index is 2.59. The molecule has 2 N–H and O–H groups in total. The molecule has 0 aromatic heterocycles. The number of hydrogen-bond acceptors (Lipinski definition) is 5. The summed E-state index contributed by atoms with van der Waals surface area (Å²) in [5, 5.41) is 0. The first-order valence-electron chi connectivity index (χ1n) is 5.42. The predicted octanol–water partition coefficient (Wildman–Crippen LogP) is -0.708. The lowest BCUT2D eigenvalue weighted by Gasteiger charge is -2.32. The molecule has 0 aromatic rings. The van der Waals surface area contributed by atoms with Crippen molar-refractivity contribution in [3.63, 3.8) is 0 Å². The van der Waals surface area contributed by atoms with E-state index >= 15 is 0 Å². The molecule has 1 aliphatic heterocycles. The van der Waals surface area contributed by atoms with Crippen molar-refractivity contribution < 1.29 is 19.1 Å². The van der Waals surface area contributed by atoms with Gasteiger partial charge in [0.1, 0.15) is 6.04 Å². The molecule has 1 unspecified atom stereocenters. The van der Waals surface area contributed by atoms with Crippen LogP contribution in [0, 0.1) is 0 Å². The summed E-state index contributed by atoms with van der Waals surface area (Å²) < 4.78 is 9.78. The third-order valence-corrected chi connectivity index (χ3v) is 2.71. The van der Waals surface area contributed by atoms with Gasteiger partial charge in [0.05, 0.1) is 20.3 Å². The number of nitrogens with two attached hydrogens (primary N) is 1. The maximum absolute atomic E-state index is 11.2. The van der Waals surface area contributed by atoms with Gasteiger partial charge in [0.25, 0.3) is 0 Å². The maximum Gasteiger partial charge on any atom is 0.333 e. The number of primary amides is 1. The molecular formula is C11H18N2O4. The first-order valence-corrected chi connectivity index (χ1v) is 5.42. The Kier molecular flexibility index (Phi) is 5.11. The van der Waals surface area contributed by atoms with Crippen molar-refractivity contribution >= 4 is 11.9 Å². The number of amides is 1. The van der Waals surface area contributed by atoms with E-state index in [9.17, 15) is 9.59 Å². The Labute approximate surface area is 100 Å². The predicted molar refractivity (Wildman–Crippen MR) is 61.1 cm³/mol. The average Bonchev–Trinajstić information content (AvgIpc) is 2.35. The van der Waals surface area contributed by atoms with Crippen LogP contribution in [0.25, 0.3) is 0 Å². The quantitative estimate of drug-likeness (QED) is 0.520. The zero-order valence-electron chi connectivity index (χ0n) is 10.1. The number of rotatable bonds is 4. The van der Waals surface area contributed by atoms with Crippen LogP contribution in [0.4, 0.5) is 0 Å². The number of esters is 1. The molecule has 6 nitrogen and oxygen atoms in total. The Morgan fingerprint density at radius 3 is 2.88 bits per heavy atom. The summed E-state index contributed by atoms with van der Waals surface area (Å²) in [6.07, 6.45) is 1.73. The van der Waals surface area contributed by atoms with E-state index in [1.54, 1.807) is 13.0 Å². The summed E-state index contributed by atoms with van der Waals surface area (Å²) in [4.78, 5) is 24.2. The largest absolute Gasteiger partial charge is 0.466 e. The fraction of sp³-hybridized carbons (Fsp3) is 0.636. The minimum absolute atomic E-state index is 0.306. The molecule has 1 fully saturated rings. The highest BCUT2D eigenvalue weighted by Gasteiger charge is 2.26. The van der Waals surface area contributed by atoms with E-state index in [0.29, 0.717) is 31.9 Å². The van der Waals surface area contributed by atoms with Gasteiger partial charge in [-0.25, -0.2) is 4.79 Å². The Bertz CT molecular complexity index is 327. The average molecular weight is 242 g/mol. The van der Waals surface area contributed by atoms with E-state index in [1.165, 1.54) is 7.11 Å². The van der Waals surface area contributed by atoms with Crippen LogP contribution in [0.15, 0.2) is 11.6 Å². The van der Waals surface area contributed by atoms with Crippen molar-refractivity contribution in [2.75, 3.05) is 33.4 Å². The van der Waals surface area contributed by atoms with Crippen molar-refractivity contribution in [2.45, 2.75) is 13.0 Å². The lowest BCUT2D eigenvalue weighted by atomic mass is 10.2. The van der Waals surface area contributed by atoms with Crippen molar-refractivity contribution in [3.8, 4) is 0 Å². The van der Waals surface area contributed by atoms with Gasteiger partial charge in [-0.05, 0) is 6.92 Å². The van der Waals surface area contributed by atoms with E-state index < -0.39 is 11.9 Å². The molecule has 0 bridgehead atoms. The third kappa shape index (κ3) is 3.83. The lowest BCUT2D eigenvalue weighted by molar-refractivity contribution is -0.136. The van der Waals surface area contributed by atoms with Gasteiger partial charge >= 0.3 is 5.97 Å². The summed E-state index contributed by atoms with van der Waals surface area (Å²) in [6.45, 7) is 3.65. The molecule has 0 aromatic carbocycles. The van der Waals surface area contributed by atoms with Crippen LogP contribution in [-0.2, 0) is 19.1 Å². The van der Waals surface area contributed by atoms with Gasteiger partial charge in [0.2, 0.25) is 5.91 Å². The third-order valence-electron chi connectivity index (χ3n) is 2.71. The second kappa shape index (κ2) is 6.36. The molecule has 0 radical (unpaired) electrons. The van der Waals surface area contributed by atoms with Crippen LogP contribution in [-0.4, -0.2) is 56.2 Å². The maximum atomic E-state index is 11.2. The van der Waals surface area contributed by atoms with Crippen LogP contribution in [0.5, 0.6) is 0 Å². The van der Waals surface area contributed by atoms with E-state index in [4.69, 9.17) is 10.5 Å². The highest BCUT2D eigenvalue weighted by Crippen LogP contribution is 2.07. The smallest absolute Gasteiger partial charge is 0.333 e. The fourth-order valence-electron chi connectivity index (χ4n) is 1.62. The first-order chi connectivity index (χ1) is 8.06. The summed E-state index contributed by atoms with van der Waals surface area (Å²) >= 11 is 0. The molecule has 1 aliphatic rings. The molecule has 96 valence electrons. The monoisotopic (exact) mass is 242 g/mol. The highest BCUT2D eigenvalue weighted by atomic mass is 16.5. The van der Waals surface area contributed by atoms with Gasteiger partial charge in [0.15, 0.2) is 0 Å². The molecular weight excluding hydrogens is 224 g/mol. The normalized spacial score (nSPS) is 22.2. The molecule has 1 atom stereocenters. The Hall–Kier alpha value is -1.40. The van der Waals surface area contributed by atoms with Gasteiger partial charge in [-0.3, -0.25) is 9.69 Å². The molecule has 0 aliphatic carbocycles. The molecule has 6 heteroatoms. The van der Waals surface area contributed by atoms with Crippen molar-refractivity contribution in [2.24, 2.45) is 5.73 Å². The zero-order chi connectivity index (χ0) is 12.8. The summed E-state index contributed by atoms with van der Waals surface area (Å²) in [5.41, 5.74) is 5.79. The summed E-state index contributed by atoms with van der Waals surface area (Å²) in [7, 11) is 1.33. The second-order valence-corrected chi connectivity index (χ2v) is 3.87. The van der Waals surface area contributed by atoms with Crippen molar-refractivity contribution in [3.05, 3.63) is 11.6 Å². The minimum Gasteiger partial charge on any atom is -0.466 e. The molecule has 1 saturated heterocycles. The Morgan fingerprint density at radius 2 is 2.29 bits per heavy atom. The van der Waals surface area contributed by atoms with Crippen molar-refractivity contribution in [1.29, 1.82) is 0 Å².